The number of thioether (sulfide) groups is 1. The first-order valence-corrected chi connectivity index (χ1v) is 17.0. The molecule has 2 bridgehead atoms. The molecule has 8 heteroatoms. The molecule has 3 amide bonds. The van der Waals surface area contributed by atoms with Gasteiger partial charge >= 0.3 is 0 Å². The van der Waals surface area contributed by atoms with E-state index in [-0.39, 0.29) is 30.9 Å². The van der Waals surface area contributed by atoms with E-state index in [1.54, 1.807) is 33.7 Å². The number of hydrogen-bond donors (Lipinski definition) is 1. The van der Waals surface area contributed by atoms with E-state index in [9.17, 15) is 14.7 Å². The molecule has 2 unspecified atom stereocenters. The van der Waals surface area contributed by atoms with E-state index in [1.807, 2.05) is 74.2 Å². The van der Waals surface area contributed by atoms with Crippen LogP contribution in [0.25, 0.3) is 0 Å². The van der Waals surface area contributed by atoms with Gasteiger partial charge in [-0.15, -0.1) is 24.9 Å². The fourth-order valence-electron chi connectivity index (χ4n) is 8.26. The number of amides is 3. The Labute approximate surface area is 272 Å². The zero-order valence-corrected chi connectivity index (χ0v) is 27.9. The van der Waals surface area contributed by atoms with Gasteiger partial charge in [0.15, 0.2) is 0 Å². The molecule has 3 saturated heterocycles. The van der Waals surface area contributed by atoms with Gasteiger partial charge in [-0.3, -0.25) is 14.4 Å². The Morgan fingerprint density at radius 1 is 1.04 bits per heavy atom. The molecule has 3 fully saturated rings. The van der Waals surface area contributed by atoms with Crippen molar-refractivity contribution in [1.29, 1.82) is 0 Å². The smallest absolute Gasteiger partial charge is 0.251 e. The number of aliphatic hydroxyl groups excluding tert-OH is 1. The molecule has 3 aliphatic rings. The summed E-state index contributed by atoms with van der Waals surface area (Å²) in [5.74, 6) is -1.66. The van der Waals surface area contributed by atoms with E-state index in [2.05, 4.69) is 20.1 Å². The fraction of sp³-hybridized carbons (Fsp3) is 0.486. The van der Waals surface area contributed by atoms with Gasteiger partial charge < -0.3 is 19.8 Å². The maximum absolute atomic E-state index is 15.2. The van der Waals surface area contributed by atoms with Crippen LogP contribution in [0, 0.1) is 25.7 Å². The van der Waals surface area contributed by atoms with Crippen molar-refractivity contribution in [2.75, 3.05) is 31.1 Å². The van der Waals surface area contributed by atoms with Gasteiger partial charge in [0.05, 0.1) is 29.2 Å². The molecule has 0 radical (unpaired) electrons. The van der Waals surface area contributed by atoms with Crippen molar-refractivity contribution >= 4 is 35.2 Å². The Morgan fingerprint density at radius 2 is 1.71 bits per heavy atom. The number of anilines is 1. The number of aliphatic hydroxyl groups is 1. The number of aryl methyl sites for hydroxylation is 2. The Balaban J connectivity index is 1.66. The number of likely N-dealkylation sites (tertiary alicyclic amines) is 1. The Bertz CT molecular complexity index is 1440. The minimum Gasteiger partial charge on any atom is -0.394 e. The summed E-state index contributed by atoms with van der Waals surface area (Å²) in [6.07, 6.45) is 6.03. The van der Waals surface area contributed by atoms with Crippen molar-refractivity contribution in [3.63, 3.8) is 0 Å². The highest BCUT2D eigenvalue weighted by Gasteiger charge is 2.78. The first-order chi connectivity index (χ1) is 21.6. The summed E-state index contributed by atoms with van der Waals surface area (Å²) >= 11 is 1.67. The second-order valence-electron chi connectivity index (χ2n) is 13.1. The van der Waals surface area contributed by atoms with Crippen molar-refractivity contribution in [3.8, 4) is 0 Å². The zero-order chi connectivity index (χ0) is 32.5. The van der Waals surface area contributed by atoms with Crippen molar-refractivity contribution in [2.45, 2.75) is 75.0 Å². The molecule has 3 heterocycles. The van der Waals surface area contributed by atoms with E-state index in [0.717, 1.165) is 35.2 Å². The van der Waals surface area contributed by atoms with Gasteiger partial charge in [-0.1, -0.05) is 67.6 Å². The van der Waals surface area contributed by atoms with E-state index in [1.165, 1.54) is 0 Å². The third kappa shape index (κ3) is 5.54. The van der Waals surface area contributed by atoms with Crippen LogP contribution >= 0.6 is 11.8 Å². The molecule has 2 aromatic carbocycles. The lowest BCUT2D eigenvalue weighted by atomic mass is 9.66. The van der Waals surface area contributed by atoms with E-state index in [4.69, 9.17) is 0 Å². The maximum Gasteiger partial charge on any atom is 0.251 e. The average Bonchev–Trinajstić information content (AvgIpc) is 3.59. The Kier molecular flexibility index (Phi) is 9.66. The quantitative estimate of drug-likeness (QED) is 0.303. The van der Waals surface area contributed by atoms with Crippen LogP contribution in [0.3, 0.4) is 0 Å². The van der Waals surface area contributed by atoms with Gasteiger partial charge in [0.25, 0.3) is 5.91 Å². The summed E-state index contributed by atoms with van der Waals surface area (Å²) in [6.45, 7) is 16.9. The molecule has 0 aromatic heterocycles. The van der Waals surface area contributed by atoms with Crippen LogP contribution in [0.5, 0.6) is 0 Å². The lowest BCUT2D eigenvalue weighted by Crippen LogP contribution is -2.58. The Morgan fingerprint density at radius 3 is 2.31 bits per heavy atom. The van der Waals surface area contributed by atoms with Crippen LogP contribution < -0.4 is 4.90 Å². The molecule has 0 aliphatic carbocycles. The highest BCUT2D eigenvalue weighted by atomic mass is 32.2. The predicted molar refractivity (Wildman–Crippen MR) is 182 cm³/mol. The summed E-state index contributed by atoms with van der Waals surface area (Å²) in [4.78, 5) is 49.8. The van der Waals surface area contributed by atoms with E-state index in [0.29, 0.717) is 25.9 Å². The lowest BCUT2D eigenvalue weighted by molar-refractivity contribution is -0.146. The number of rotatable bonds is 13. The van der Waals surface area contributed by atoms with Gasteiger partial charge in [-0.05, 0) is 63.1 Å². The number of nitrogens with zero attached hydrogens (tertiary/aromatic N) is 3. The van der Waals surface area contributed by atoms with Crippen molar-refractivity contribution in [3.05, 3.63) is 90.5 Å². The topological polar surface area (TPSA) is 81.2 Å². The van der Waals surface area contributed by atoms with Crippen molar-refractivity contribution in [1.82, 2.24) is 9.80 Å². The molecular weight excluding hydrogens is 582 g/mol. The second-order valence-corrected chi connectivity index (χ2v) is 14.9. The fourth-order valence-corrected chi connectivity index (χ4v) is 10.6. The molecule has 3 aliphatic heterocycles. The maximum atomic E-state index is 15.2. The minimum atomic E-state index is -0.849. The van der Waals surface area contributed by atoms with Gasteiger partial charge in [0.1, 0.15) is 6.04 Å². The van der Waals surface area contributed by atoms with Gasteiger partial charge in [0, 0.05) is 30.1 Å². The average molecular weight is 630 g/mol. The first kappa shape index (κ1) is 33.0. The molecule has 5 rings (SSSR count). The molecule has 1 N–H and O–H groups in total. The second kappa shape index (κ2) is 13.2. The minimum absolute atomic E-state index is 0.0407. The highest BCUT2D eigenvalue weighted by Crippen LogP contribution is 2.72. The molecule has 240 valence electrons. The normalized spacial score (nSPS) is 27.3. The number of carbonyl (C=O) groups is 3. The van der Waals surface area contributed by atoms with Crippen LogP contribution in [-0.2, 0) is 20.8 Å². The van der Waals surface area contributed by atoms with E-state index < -0.39 is 33.4 Å². The standard InChI is InChI=1S/C37H47N3O4S/c1-7-20-38(21-8-2)33(42)29-30-34(43)40(28(24-41)23-27-16-11-10-12-17-27)32(37(30)19-18-36(29,6)45-37)35(44)39(22-9-3)31-25(4)14-13-15-26(31)5/h7,9-17,28-30,32,41H,1,3,8,18-24H2,2,4-6H3/t28-,29+,30+,32?,36-,37?/m1/s1. The predicted octanol–water partition coefficient (Wildman–Crippen LogP) is 5.33. The summed E-state index contributed by atoms with van der Waals surface area (Å²) in [6, 6.07) is 14.2. The highest BCUT2D eigenvalue weighted by molar-refractivity contribution is 8.02. The van der Waals surface area contributed by atoms with Gasteiger partial charge in [-0.2, -0.15) is 0 Å². The summed E-state index contributed by atoms with van der Waals surface area (Å²) in [5.41, 5.74) is 3.71. The van der Waals surface area contributed by atoms with Gasteiger partial charge in [0.2, 0.25) is 11.8 Å². The third-order valence-electron chi connectivity index (χ3n) is 10.1. The number of benzene rings is 2. The third-order valence-corrected chi connectivity index (χ3v) is 12.1. The summed E-state index contributed by atoms with van der Waals surface area (Å²) < 4.78 is -1.28. The van der Waals surface area contributed by atoms with Crippen molar-refractivity contribution in [2.24, 2.45) is 11.8 Å². The number of fused-ring (bicyclic) bond motifs is 1. The van der Waals surface area contributed by atoms with Crippen molar-refractivity contribution < 1.29 is 19.5 Å². The van der Waals surface area contributed by atoms with Crippen LogP contribution in [0.2, 0.25) is 0 Å². The van der Waals surface area contributed by atoms with Crippen LogP contribution in [0.1, 0.15) is 49.8 Å². The van der Waals surface area contributed by atoms with Crippen LogP contribution in [0.15, 0.2) is 73.8 Å². The first-order valence-electron chi connectivity index (χ1n) is 16.1. The van der Waals surface area contributed by atoms with Gasteiger partial charge in [-0.25, -0.2) is 0 Å². The van der Waals surface area contributed by atoms with Crippen LogP contribution in [0.4, 0.5) is 5.69 Å². The molecule has 45 heavy (non-hydrogen) atoms. The van der Waals surface area contributed by atoms with Crippen LogP contribution in [-0.4, -0.2) is 80.4 Å². The molecule has 6 atom stereocenters. The zero-order valence-electron chi connectivity index (χ0n) is 27.1. The molecule has 2 aromatic rings. The monoisotopic (exact) mass is 629 g/mol. The summed E-state index contributed by atoms with van der Waals surface area (Å²) in [7, 11) is 0. The largest absolute Gasteiger partial charge is 0.394 e. The Hall–Kier alpha value is -3.36. The molecule has 7 nitrogen and oxygen atoms in total. The van der Waals surface area contributed by atoms with E-state index >= 15 is 4.79 Å². The lowest BCUT2D eigenvalue weighted by Gasteiger charge is -2.40. The SMILES string of the molecule is C=CCN(CCC)C(=O)[C@@H]1[C@H]2C(=O)N([C@@H](CO)Cc3ccccc3)C(C(=O)N(CC=C)c3c(C)cccc3C)C23CC[C@@]1(C)S3. The molecular formula is C37H47N3O4S. The number of carbonyl (C=O) groups excluding carboxylic acids is 3. The molecule has 1 spiro atoms. The number of hydrogen-bond acceptors (Lipinski definition) is 5. The number of para-hydroxylation sites is 1. The molecule has 0 saturated carbocycles. The summed E-state index contributed by atoms with van der Waals surface area (Å²) in [5, 5.41) is 10.9.